The lowest BCUT2D eigenvalue weighted by atomic mass is 10.0. The number of benzene rings is 3. The molecule has 0 heterocycles. The number of aryl methyl sites for hydroxylation is 1. The molecule has 38 heavy (non-hydrogen) atoms. The number of amides is 2. The summed E-state index contributed by atoms with van der Waals surface area (Å²) in [7, 11) is -0.739. The zero-order valence-electron chi connectivity index (χ0n) is 22.5. The monoisotopic (exact) mass is 537 g/mol. The van der Waals surface area contributed by atoms with Crippen molar-refractivity contribution in [3.63, 3.8) is 0 Å². The Morgan fingerprint density at radius 1 is 0.947 bits per heavy atom. The van der Waals surface area contributed by atoms with E-state index in [2.05, 4.69) is 5.32 Å². The average molecular weight is 538 g/mol. The van der Waals surface area contributed by atoms with Crippen LogP contribution in [0.25, 0.3) is 0 Å². The van der Waals surface area contributed by atoms with Crippen molar-refractivity contribution in [2.75, 3.05) is 31.3 Å². The highest BCUT2D eigenvalue weighted by atomic mass is 32.2. The van der Waals surface area contributed by atoms with E-state index in [1.165, 1.54) is 11.9 Å². The molecular weight excluding hydrogens is 502 g/mol. The van der Waals surface area contributed by atoms with Crippen molar-refractivity contribution in [1.82, 2.24) is 10.2 Å². The average Bonchev–Trinajstić information content (AvgIpc) is 2.90. The number of ether oxygens (including phenoxy) is 1. The molecule has 3 aromatic rings. The Kier molecular flexibility index (Phi) is 9.52. The minimum Gasteiger partial charge on any atom is -0.497 e. The molecule has 0 radical (unpaired) electrons. The van der Waals surface area contributed by atoms with Crippen LogP contribution in [-0.2, 0) is 32.6 Å². The lowest BCUT2D eigenvalue weighted by Gasteiger charge is -2.33. The number of carbonyl (C=O) groups is 2. The molecular formula is C29H35N3O5S. The summed E-state index contributed by atoms with van der Waals surface area (Å²) in [5, 5.41) is 2.67. The first-order chi connectivity index (χ1) is 18.0. The number of anilines is 1. The lowest BCUT2D eigenvalue weighted by Crippen LogP contribution is -2.53. The molecule has 0 aliphatic carbocycles. The maximum atomic E-state index is 14.0. The Hall–Kier alpha value is -3.85. The van der Waals surface area contributed by atoms with E-state index in [-0.39, 0.29) is 18.9 Å². The summed E-state index contributed by atoms with van der Waals surface area (Å²) in [6, 6.07) is 21.1. The minimum absolute atomic E-state index is 0.0886. The predicted molar refractivity (Wildman–Crippen MR) is 150 cm³/mol. The SMILES string of the molecule is CNC(=O)C(Cc1ccccc1)N(Cc1cccc(OC)c1)C(=O)CN(c1cccc(C)c1C)S(C)(=O)=O. The Bertz CT molecular complexity index is 1380. The van der Waals surface area contributed by atoms with Gasteiger partial charge in [-0.05, 0) is 54.3 Å². The van der Waals surface area contributed by atoms with Crippen molar-refractivity contribution >= 4 is 27.5 Å². The maximum Gasteiger partial charge on any atom is 0.244 e. The first kappa shape index (κ1) is 28.7. The summed E-state index contributed by atoms with van der Waals surface area (Å²) in [5.41, 5.74) is 3.72. The first-order valence-corrected chi connectivity index (χ1v) is 14.1. The summed E-state index contributed by atoms with van der Waals surface area (Å²) in [6.07, 6.45) is 1.34. The van der Waals surface area contributed by atoms with E-state index in [9.17, 15) is 18.0 Å². The second kappa shape index (κ2) is 12.6. The van der Waals surface area contributed by atoms with E-state index >= 15 is 0 Å². The second-order valence-corrected chi connectivity index (χ2v) is 11.1. The van der Waals surface area contributed by atoms with Crippen LogP contribution in [0.3, 0.4) is 0 Å². The van der Waals surface area contributed by atoms with Crippen LogP contribution in [0, 0.1) is 13.8 Å². The number of carbonyl (C=O) groups excluding carboxylic acids is 2. The highest BCUT2D eigenvalue weighted by Crippen LogP contribution is 2.26. The summed E-state index contributed by atoms with van der Waals surface area (Å²) >= 11 is 0. The van der Waals surface area contributed by atoms with E-state index < -0.39 is 28.5 Å². The van der Waals surface area contributed by atoms with Gasteiger partial charge < -0.3 is 15.0 Å². The van der Waals surface area contributed by atoms with Gasteiger partial charge in [-0.15, -0.1) is 0 Å². The molecule has 1 unspecified atom stereocenters. The molecule has 0 spiro atoms. The van der Waals surface area contributed by atoms with Gasteiger partial charge in [0, 0.05) is 20.0 Å². The van der Waals surface area contributed by atoms with Crippen molar-refractivity contribution in [1.29, 1.82) is 0 Å². The third kappa shape index (κ3) is 7.13. The molecule has 202 valence electrons. The third-order valence-corrected chi connectivity index (χ3v) is 7.65. The van der Waals surface area contributed by atoms with Gasteiger partial charge in [0.05, 0.1) is 19.1 Å². The number of likely N-dealkylation sites (N-methyl/N-ethyl adjacent to an activating group) is 1. The number of nitrogens with zero attached hydrogens (tertiary/aromatic N) is 2. The maximum absolute atomic E-state index is 14.0. The molecule has 2 amide bonds. The molecule has 0 aromatic heterocycles. The van der Waals surface area contributed by atoms with Crippen molar-refractivity contribution in [2.45, 2.75) is 32.9 Å². The van der Waals surface area contributed by atoms with E-state index in [1.54, 1.807) is 31.4 Å². The fourth-order valence-corrected chi connectivity index (χ4v) is 5.19. The van der Waals surface area contributed by atoms with Crippen LogP contribution in [0.4, 0.5) is 5.69 Å². The first-order valence-electron chi connectivity index (χ1n) is 12.3. The summed E-state index contributed by atoms with van der Waals surface area (Å²) in [4.78, 5) is 28.6. The highest BCUT2D eigenvalue weighted by molar-refractivity contribution is 7.92. The van der Waals surface area contributed by atoms with Crippen LogP contribution in [0.2, 0.25) is 0 Å². The quantitative estimate of drug-likeness (QED) is 0.404. The van der Waals surface area contributed by atoms with Gasteiger partial charge in [-0.1, -0.05) is 54.6 Å². The molecule has 0 saturated heterocycles. The molecule has 1 N–H and O–H groups in total. The number of hydrogen-bond donors (Lipinski definition) is 1. The Morgan fingerprint density at radius 3 is 2.24 bits per heavy atom. The molecule has 3 rings (SSSR count). The predicted octanol–water partition coefficient (Wildman–Crippen LogP) is 3.46. The van der Waals surface area contributed by atoms with Gasteiger partial charge in [0.2, 0.25) is 21.8 Å². The number of hydrogen-bond acceptors (Lipinski definition) is 5. The summed E-state index contributed by atoms with van der Waals surface area (Å²) in [5.74, 6) is -0.228. The van der Waals surface area contributed by atoms with Crippen molar-refractivity contribution in [3.8, 4) is 5.75 Å². The lowest BCUT2D eigenvalue weighted by molar-refractivity contribution is -0.139. The molecule has 0 aliphatic heterocycles. The fraction of sp³-hybridized carbons (Fsp3) is 0.310. The Labute approximate surface area is 225 Å². The molecule has 8 nitrogen and oxygen atoms in total. The molecule has 0 saturated carbocycles. The van der Waals surface area contributed by atoms with E-state index in [0.717, 1.165) is 32.8 Å². The smallest absolute Gasteiger partial charge is 0.244 e. The van der Waals surface area contributed by atoms with Gasteiger partial charge in [0.15, 0.2) is 0 Å². The molecule has 3 aromatic carbocycles. The van der Waals surface area contributed by atoms with Gasteiger partial charge in [-0.25, -0.2) is 8.42 Å². The number of nitrogens with one attached hydrogen (secondary N) is 1. The van der Waals surface area contributed by atoms with Crippen LogP contribution in [-0.4, -0.2) is 58.1 Å². The van der Waals surface area contributed by atoms with E-state index in [1.807, 2.05) is 62.4 Å². The van der Waals surface area contributed by atoms with Crippen LogP contribution in [0.1, 0.15) is 22.3 Å². The second-order valence-electron chi connectivity index (χ2n) is 9.18. The largest absolute Gasteiger partial charge is 0.497 e. The standard InChI is InChI=1S/C29H35N3O5S/c1-21-11-9-16-26(22(21)2)32(38(5,35)36)20-28(33)31(19-24-14-10-15-25(17-24)37-4)27(29(34)30-3)18-23-12-7-6-8-13-23/h6-17,27H,18-20H2,1-5H3,(H,30,34). The Balaban J connectivity index is 2.06. The van der Waals surface area contributed by atoms with Crippen molar-refractivity contribution in [2.24, 2.45) is 0 Å². The molecule has 0 bridgehead atoms. The topological polar surface area (TPSA) is 96.0 Å². The fourth-order valence-electron chi connectivity index (χ4n) is 4.29. The van der Waals surface area contributed by atoms with Gasteiger partial charge in [0.1, 0.15) is 18.3 Å². The molecule has 9 heteroatoms. The molecule has 1 atom stereocenters. The highest BCUT2D eigenvalue weighted by Gasteiger charge is 2.33. The molecule has 0 fully saturated rings. The summed E-state index contributed by atoms with van der Waals surface area (Å²) in [6.45, 7) is 3.35. The van der Waals surface area contributed by atoms with Crippen molar-refractivity contribution < 1.29 is 22.7 Å². The number of rotatable bonds is 11. The van der Waals surface area contributed by atoms with Gasteiger partial charge in [0.25, 0.3) is 0 Å². The van der Waals surface area contributed by atoms with Crippen LogP contribution >= 0.6 is 0 Å². The van der Waals surface area contributed by atoms with Crippen LogP contribution in [0.5, 0.6) is 5.75 Å². The van der Waals surface area contributed by atoms with Gasteiger partial charge in [-0.2, -0.15) is 0 Å². The van der Waals surface area contributed by atoms with Gasteiger partial charge in [-0.3, -0.25) is 13.9 Å². The van der Waals surface area contributed by atoms with Gasteiger partial charge >= 0.3 is 0 Å². The normalized spacial score (nSPS) is 11.9. The van der Waals surface area contributed by atoms with E-state index in [4.69, 9.17) is 4.74 Å². The van der Waals surface area contributed by atoms with E-state index in [0.29, 0.717) is 11.4 Å². The molecule has 0 aliphatic rings. The Morgan fingerprint density at radius 2 is 1.61 bits per heavy atom. The number of methoxy groups -OCH3 is 1. The summed E-state index contributed by atoms with van der Waals surface area (Å²) < 4.78 is 32.3. The minimum atomic E-state index is -3.81. The zero-order valence-corrected chi connectivity index (χ0v) is 23.3. The van der Waals surface area contributed by atoms with Crippen molar-refractivity contribution in [3.05, 3.63) is 95.1 Å². The number of sulfonamides is 1. The van der Waals surface area contributed by atoms with Crippen LogP contribution < -0.4 is 14.4 Å². The third-order valence-electron chi connectivity index (χ3n) is 6.53. The van der Waals surface area contributed by atoms with Crippen LogP contribution in [0.15, 0.2) is 72.8 Å². The zero-order chi connectivity index (χ0) is 27.9.